The third-order valence-electron chi connectivity index (χ3n) is 6.58. The minimum Gasteiger partial charge on any atom is -0.352 e. The second kappa shape index (κ2) is 13.1. The van der Waals surface area contributed by atoms with Crippen LogP contribution in [0.3, 0.4) is 0 Å². The monoisotopic (exact) mass is 573 g/mol. The zero-order chi connectivity index (χ0) is 28.7. The molecule has 3 rings (SSSR count). The van der Waals surface area contributed by atoms with Gasteiger partial charge in [0.2, 0.25) is 11.8 Å². The third-order valence-corrected chi connectivity index (χ3v) is 8.77. The second-order valence-corrected chi connectivity index (χ2v) is 11.6. The van der Waals surface area contributed by atoms with Gasteiger partial charge in [-0.2, -0.15) is 0 Å². The van der Waals surface area contributed by atoms with E-state index in [0.29, 0.717) is 17.0 Å². The molecule has 0 bridgehead atoms. The molecule has 2 atom stereocenters. The number of hydrogen-bond donors (Lipinski definition) is 1. The van der Waals surface area contributed by atoms with Gasteiger partial charge in [0.1, 0.15) is 18.4 Å². The Balaban J connectivity index is 2.07. The summed E-state index contributed by atoms with van der Waals surface area (Å²) in [7, 11) is -4.22. The van der Waals surface area contributed by atoms with E-state index >= 15 is 0 Å². The average molecular weight is 574 g/mol. The summed E-state index contributed by atoms with van der Waals surface area (Å²) >= 11 is 6.32. The van der Waals surface area contributed by atoms with Gasteiger partial charge >= 0.3 is 0 Å². The van der Waals surface area contributed by atoms with Gasteiger partial charge in [-0.1, -0.05) is 61.0 Å². The molecule has 0 fully saturated rings. The highest BCUT2D eigenvalue weighted by molar-refractivity contribution is 7.92. The molecule has 0 radical (unpaired) electrons. The van der Waals surface area contributed by atoms with Crippen LogP contribution in [0.5, 0.6) is 0 Å². The van der Waals surface area contributed by atoms with E-state index in [1.165, 1.54) is 42.2 Å². The van der Waals surface area contributed by atoms with Crippen molar-refractivity contribution in [1.29, 1.82) is 0 Å². The lowest BCUT2D eigenvalue weighted by Gasteiger charge is -2.33. The molecule has 0 heterocycles. The summed E-state index contributed by atoms with van der Waals surface area (Å²) in [5.74, 6) is -1.64. The minimum absolute atomic E-state index is 0.0135. The molecule has 10 heteroatoms. The number of nitrogens with zero attached hydrogens (tertiary/aromatic N) is 2. The molecular formula is C29H33ClFN3O4S. The molecule has 0 saturated heterocycles. The van der Waals surface area contributed by atoms with Crippen molar-refractivity contribution in [2.24, 2.45) is 0 Å². The summed E-state index contributed by atoms with van der Waals surface area (Å²) in [5.41, 5.74) is 0.891. The van der Waals surface area contributed by atoms with E-state index in [2.05, 4.69) is 5.32 Å². The molecule has 0 aliphatic rings. The lowest BCUT2D eigenvalue weighted by atomic mass is 10.1. The lowest BCUT2D eigenvalue weighted by Crippen LogP contribution is -2.52. The van der Waals surface area contributed by atoms with Crippen molar-refractivity contribution in [3.05, 3.63) is 94.8 Å². The van der Waals surface area contributed by atoms with Crippen LogP contribution < -0.4 is 9.62 Å². The maximum absolute atomic E-state index is 14.6. The molecule has 2 amide bonds. The molecule has 2 unspecified atom stereocenters. The number of halogens is 2. The number of benzene rings is 3. The van der Waals surface area contributed by atoms with Crippen LogP contribution in [0.4, 0.5) is 10.1 Å². The van der Waals surface area contributed by atoms with Crippen LogP contribution in [0.25, 0.3) is 0 Å². The Morgan fingerprint density at radius 1 is 0.974 bits per heavy atom. The fourth-order valence-electron chi connectivity index (χ4n) is 3.96. The number of nitrogens with one attached hydrogen (secondary N) is 1. The lowest BCUT2D eigenvalue weighted by molar-refractivity contribution is -0.139. The molecule has 0 aliphatic carbocycles. The molecule has 0 saturated carbocycles. The van der Waals surface area contributed by atoms with Gasteiger partial charge in [0.05, 0.1) is 10.6 Å². The van der Waals surface area contributed by atoms with Crippen LogP contribution >= 0.6 is 11.6 Å². The van der Waals surface area contributed by atoms with E-state index < -0.39 is 40.2 Å². The fourth-order valence-corrected chi connectivity index (χ4v) is 5.62. The van der Waals surface area contributed by atoms with Gasteiger partial charge in [-0.3, -0.25) is 13.9 Å². The van der Waals surface area contributed by atoms with Crippen molar-refractivity contribution in [1.82, 2.24) is 10.2 Å². The smallest absolute Gasteiger partial charge is 0.264 e. The molecule has 0 aliphatic heterocycles. The minimum atomic E-state index is -4.22. The average Bonchev–Trinajstić information content (AvgIpc) is 2.92. The standard InChI is InChI=1S/C29H33ClFN3O4S/c1-5-20(2)32-29(36)22(4)33(18-23-12-9-10-16-26(23)31)28(35)19-34(27-17-11-15-25(30)21(27)3)39(37,38)24-13-7-6-8-14-24/h6-17,20,22H,5,18-19H2,1-4H3,(H,32,36). The van der Waals surface area contributed by atoms with Gasteiger partial charge in [0, 0.05) is 23.2 Å². The van der Waals surface area contributed by atoms with Crippen molar-refractivity contribution in [3.8, 4) is 0 Å². The third kappa shape index (κ3) is 7.16. The Bertz CT molecular complexity index is 1420. The Morgan fingerprint density at radius 2 is 1.62 bits per heavy atom. The van der Waals surface area contributed by atoms with Gasteiger partial charge in [-0.05, 0) is 63.1 Å². The molecule has 7 nitrogen and oxygen atoms in total. The predicted octanol–water partition coefficient (Wildman–Crippen LogP) is 5.31. The van der Waals surface area contributed by atoms with E-state index in [-0.39, 0.29) is 28.7 Å². The highest BCUT2D eigenvalue weighted by atomic mass is 35.5. The number of sulfonamides is 1. The topological polar surface area (TPSA) is 86.8 Å². The maximum atomic E-state index is 14.6. The van der Waals surface area contributed by atoms with Crippen LogP contribution in [-0.2, 0) is 26.2 Å². The van der Waals surface area contributed by atoms with Gasteiger partial charge < -0.3 is 10.2 Å². The van der Waals surface area contributed by atoms with Crippen LogP contribution in [-0.4, -0.2) is 43.8 Å². The zero-order valence-electron chi connectivity index (χ0n) is 22.4. The normalized spacial score (nSPS) is 12.9. The quantitative estimate of drug-likeness (QED) is 0.337. The Morgan fingerprint density at radius 3 is 2.26 bits per heavy atom. The molecule has 0 spiro atoms. The molecular weight excluding hydrogens is 541 g/mol. The number of hydrogen-bond acceptors (Lipinski definition) is 4. The van der Waals surface area contributed by atoms with E-state index in [0.717, 1.165) is 4.31 Å². The predicted molar refractivity (Wildman–Crippen MR) is 151 cm³/mol. The largest absolute Gasteiger partial charge is 0.352 e. The van der Waals surface area contributed by atoms with E-state index in [1.807, 2.05) is 13.8 Å². The maximum Gasteiger partial charge on any atom is 0.264 e. The fraction of sp³-hybridized carbons (Fsp3) is 0.310. The van der Waals surface area contributed by atoms with Crippen molar-refractivity contribution in [2.45, 2.75) is 57.6 Å². The summed E-state index contributed by atoms with van der Waals surface area (Å²) in [6.45, 7) is 6.09. The van der Waals surface area contributed by atoms with E-state index in [9.17, 15) is 22.4 Å². The van der Waals surface area contributed by atoms with Crippen molar-refractivity contribution >= 4 is 39.1 Å². The van der Waals surface area contributed by atoms with Crippen molar-refractivity contribution in [2.75, 3.05) is 10.8 Å². The van der Waals surface area contributed by atoms with Crippen molar-refractivity contribution in [3.63, 3.8) is 0 Å². The van der Waals surface area contributed by atoms with Gasteiger partial charge in [-0.25, -0.2) is 12.8 Å². The Hall–Kier alpha value is -3.43. The summed E-state index contributed by atoms with van der Waals surface area (Å²) < 4.78 is 43.3. The molecule has 39 heavy (non-hydrogen) atoms. The SMILES string of the molecule is CCC(C)NC(=O)C(C)N(Cc1ccccc1F)C(=O)CN(c1cccc(Cl)c1C)S(=O)(=O)c1ccccc1. The summed E-state index contributed by atoms with van der Waals surface area (Å²) in [6, 6.07) is 17.3. The zero-order valence-corrected chi connectivity index (χ0v) is 24.0. The summed E-state index contributed by atoms with van der Waals surface area (Å²) in [6.07, 6.45) is 0.677. The number of rotatable bonds is 11. The van der Waals surface area contributed by atoms with Gasteiger partial charge in [0.25, 0.3) is 10.0 Å². The highest BCUT2D eigenvalue weighted by Gasteiger charge is 2.33. The highest BCUT2D eigenvalue weighted by Crippen LogP contribution is 2.31. The van der Waals surface area contributed by atoms with Crippen molar-refractivity contribution < 1.29 is 22.4 Å². The summed E-state index contributed by atoms with van der Waals surface area (Å²) in [4.78, 5) is 28.1. The van der Waals surface area contributed by atoms with Gasteiger partial charge in [0.15, 0.2) is 0 Å². The molecule has 0 aromatic heterocycles. The van der Waals surface area contributed by atoms with Crippen LogP contribution in [0.1, 0.15) is 38.3 Å². The number of anilines is 1. The summed E-state index contributed by atoms with van der Waals surface area (Å²) in [5, 5.41) is 3.18. The van der Waals surface area contributed by atoms with Crippen LogP contribution in [0.15, 0.2) is 77.7 Å². The number of carbonyl (C=O) groups excluding carboxylic acids is 2. The molecule has 208 valence electrons. The molecule has 3 aromatic rings. The Kier molecular flexibility index (Phi) is 10.1. The number of carbonyl (C=O) groups is 2. The van der Waals surface area contributed by atoms with Crippen LogP contribution in [0, 0.1) is 12.7 Å². The first-order chi connectivity index (χ1) is 18.5. The van der Waals surface area contributed by atoms with E-state index in [4.69, 9.17) is 11.6 Å². The number of amides is 2. The first-order valence-corrected chi connectivity index (χ1v) is 14.4. The first-order valence-electron chi connectivity index (χ1n) is 12.6. The molecule has 3 aromatic carbocycles. The van der Waals surface area contributed by atoms with Gasteiger partial charge in [-0.15, -0.1) is 0 Å². The Labute approximate surface area is 234 Å². The first kappa shape index (κ1) is 30.1. The molecule has 1 N–H and O–H groups in total. The van der Waals surface area contributed by atoms with Crippen LogP contribution in [0.2, 0.25) is 5.02 Å². The second-order valence-electron chi connectivity index (χ2n) is 9.32. The van der Waals surface area contributed by atoms with E-state index in [1.54, 1.807) is 49.4 Å².